The van der Waals surface area contributed by atoms with Crippen LogP contribution in [0.25, 0.3) is 17.2 Å². The van der Waals surface area contributed by atoms with E-state index in [4.69, 9.17) is 10.3 Å². The van der Waals surface area contributed by atoms with Gasteiger partial charge in [0.1, 0.15) is 4.75 Å². The summed E-state index contributed by atoms with van der Waals surface area (Å²) in [6.07, 6.45) is 6.76. The first-order valence-electron chi connectivity index (χ1n) is 10.3. The van der Waals surface area contributed by atoms with Crippen LogP contribution in [0.5, 0.6) is 0 Å². The van der Waals surface area contributed by atoms with Crippen LogP contribution in [0.3, 0.4) is 0 Å². The lowest BCUT2D eigenvalue weighted by atomic mass is 9.97. The quantitative estimate of drug-likeness (QED) is 0.408. The number of benzene rings is 2. The van der Waals surface area contributed by atoms with Crippen LogP contribution in [-0.2, 0) is 21.1 Å². The van der Waals surface area contributed by atoms with Crippen molar-refractivity contribution in [1.29, 1.82) is 0 Å². The predicted octanol–water partition coefficient (Wildman–Crippen LogP) is 3.24. The second-order valence-electron chi connectivity index (χ2n) is 8.46. The fourth-order valence-electron chi connectivity index (χ4n) is 3.57. The van der Waals surface area contributed by atoms with Gasteiger partial charge < -0.3 is 5.11 Å². The molecule has 0 aromatic heterocycles. The Kier molecular flexibility index (Phi) is 6.99. The first-order chi connectivity index (χ1) is 14.7. The largest absolute Gasteiger partial charge is 0.396 e. The summed E-state index contributed by atoms with van der Waals surface area (Å²) in [6, 6.07) is 16.0. The molecule has 0 bridgehead atoms. The third-order valence-corrected chi connectivity index (χ3v) is 8.26. The molecule has 0 heterocycles. The number of aliphatic hydroxyl groups is 1. The predicted molar refractivity (Wildman–Crippen MR) is 121 cm³/mol. The van der Waals surface area contributed by atoms with E-state index in [2.05, 4.69) is 36.4 Å². The average molecular weight is 444 g/mol. The van der Waals surface area contributed by atoms with Crippen LogP contribution in [0.1, 0.15) is 30.9 Å². The van der Waals surface area contributed by atoms with Gasteiger partial charge in [-0.15, -0.1) is 0 Å². The van der Waals surface area contributed by atoms with Gasteiger partial charge in [0.25, 0.3) is 5.91 Å². The maximum Gasteiger partial charge on any atom is 0.264 e. The number of rotatable bonds is 9. The van der Waals surface area contributed by atoms with Gasteiger partial charge in [-0.1, -0.05) is 60.7 Å². The van der Waals surface area contributed by atoms with Crippen molar-refractivity contribution >= 4 is 21.8 Å². The van der Waals surface area contributed by atoms with Gasteiger partial charge in [-0.2, -0.15) is 0 Å². The Labute approximate surface area is 183 Å². The van der Waals surface area contributed by atoms with Gasteiger partial charge in [0, 0.05) is 12.9 Å². The number of carbonyl (C=O) groups is 1. The highest BCUT2D eigenvalue weighted by Crippen LogP contribution is 2.39. The molecule has 166 valence electrons. The Balaban J connectivity index is 1.64. The molecule has 3 rings (SSSR count). The lowest BCUT2D eigenvalue weighted by Gasteiger charge is -2.25. The van der Waals surface area contributed by atoms with E-state index in [9.17, 15) is 13.2 Å². The van der Waals surface area contributed by atoms with Crippen LogP contribution in [0.15, 0.2) is 54.6 Å². The van der Waals surface area contributed by atoms with Crippen molar-refractivity contribution in [3.05, 3.63) is 65.7 Å². The van der Waals surface area contributed by atoms with Gasteiger partial charge in [-0.25, -0.2) is 13.9 Å². The summed E-state index contributed by atoms with van der Waals surface area (Å²) in [7, 11) is -3.70. The number of carbonyl (C=O) groups excluding carboxylic acids is 1. The zero-order valence-electron chi connectivity index (χ0n) is 17.8. The Hall–Kier alpha value is -2.48. The van der Waals surface area contributed by atoms with Crippen LogP contribution in [-0.4, -0.2) is 42.2 Å². The van der Waals surface area contributed by atoms with Crippen molar-refractivity contribution in [2.75, 3.05) is 12.9 Å². The summed E-state index contributed by atoms with van der Waals surface area (Å²) >= 11 is 0. The lowest BCUT2D eigenvalue weighted by Crippen LogP contribution is -2.49. The molecule has 0 radical (unpaired) electrons. The number of aliphatic hydroxyl groups excluding tert-OH is 1. The molecule has 7 heteroatoms. The molecule has 1 saturated carbocycles. The van der Waals surface area contributed by atoms with E-state index in [-0.39, 0.29) is 13.0 Å². The third-order valence-electron chi connectivity index (χ3n) is 6.24. The highest BCUT2D eigenvalue weighted by atomic mass is 32.2. The maximum absolute atomic E-state index is 12.1. The van der Waals surface area contributed by atoms with Crippen molar-refractivity contribution in [3.8, 4) is 11.1 Å². The van der Waals surface area contributed by atoms with Gasteiger partial charge in [0.2, 0.25) is 0 Å². The van der Waals surface area contributed by atoms with E-state index in [1.165, 1.54) is 12.4 Å². The highest BCUT2D eigenvalue weighted by molar-refractivity contribution is 7.92. The smallest absolute Gasteiger partial charge is 0.264 e. The van der Waals surface area contributed by atoms with E-state index < -0.39 is 20.5 Å². The summed E-state index contributed by atoms with van der Waals surface area (Å²) < 4.78 is 22.5. The van der Waals surface area contributed by atoms with E-state index in [1.807, 2.05) is 24.3 Å². The first kappa shape index (κ1) is 23.2. The minimum Gasteiger partial charge on any atom is -0.396 e. The molecule has 1 aliphatic rings. The maximum atomic E-state index is 12.1. The molecule has 3 N–H and O–H groups in total. The van der Waals surface area contributed by atoms with Gasteiger partial charge in [-0.3, -0.25) is 10.0 Å². The topological polar surface area (TPSA) is 104 Å². The van der Waals surface area contributed by atoms with Gasteiger partial charge in [0.15, 0.2) is 9.84 Å². The van der Waals surface area contributed by atoms with Crippen molar-refractivity contribution < 1.29 is 23.5 Å². The minimum atomic E-state index is -3.70. The highest BCUT2D eigenvalue weighted by Gasteiger charge is 2.43. The normalized spacial score (nSPS) is 20.4. The van der Waals surface area contributed by atoms with E-state index in [0.717, 1.165) is 34.9 Å². The molecule has 1 fully saturated rings. The molecule has 31 heavy (non-hydrogen) atoms. The van der Waals surface area contributed by atoms with Crippen LogP contribution >= 0.6 is 0 Å². The van der Waals surface area contributed by atoms with Gasteiger partial charge in [-0.05, 0) is 60.3 Å². The number of hydroxylamine groups is 1. The monoisotopic (exact) mass is 443 g/mol. The molecule has 0 aliphatic heterocycles. The Morgan fingerprint density at radius 1 is 1.13 bits per heavy atom. The van der Waals surface area contributed by atoms with Crippen molar-refractivity contribution in [2.45, 2.75) is 30.9 Å². The van der Waals surface area contributed by atoms with Crippen molar-refractivity contribution in [1.82, 2.24) is 5.48 Å². The molecule has 1 amide bonds. The number of aryl methyl sites for hydroxylation is 1. The van der Waals surface area contributed by atoms with Crippen LogP contribution in [0.2, 0.25) is 0 Å². The number of hydrogen-bond acceptors (Lipinski definition) is 5. The molecule has 1 aliphatic carbocycles. The fourth-order valence-corrected chi connectivity index (χ4v) is 4.43. The zero-order chi connectivity index (χ0) is 22.6. The number of allylic oxidation sites excluding steroid dienone is 1. The van der Waals surface area contributed by atoms with E-state index in [1.54, 1.807) is 0 Å². The minimum absolute atomic E-state index is 0.0662. The molecule has 0 saturated heterocycles. The summed E-state index contributed by atoms with van der Waals surface area (Å²) in [5.41, 5.74) is 5.61. The first-order valence-corrected chi connectivity index (χ1v) is 12.2. The average Bonchev–Trinajstić information content (AvgIpc) is 3.54. The van der Waals surface area contributed by atoms with Gasteiger partial charge >= 0.3 is 0 Å². The van der Waals surface area contributed by atoms with Crippen molar-refractivity contribution in [3.63, 3.8) is 0 Å². The SMILES string of the molecule is CC(CCc1ccc(-c2ccc(C=C[C@@H]3C[C@H]3CO)cc2)cc1)(C(=O)NO)S(C)(=O)=O. The zero-order valence-corrected chi connectivity index (χ0v) is 18.6. The molecule has 3 atom stereocenters. The number of nitrogens with one attached hydrogen (secondary N) is 1. The molecule has 1 unspecified atom stereocenters. The molecular formula is C24H29NO5S. The van der Waals surface area contributed by atoms with E-state index in [0.29, 0.717) is 18.3 Å². The van der Waals surface area contributed by atoms with Crippen LogP contribution < -0.4 is 5.48 Å². The van der Waals surface area contributed by atoms with Crippen LogP contribution in [0.4, 0.5) is 0 Å². The second-order valence-corrected chi connectivity index (χ2v) is 10.9. The fraction of sp³-hybridized carbons (Fsp3) is 0.375. The Morgan fingerprint density at radius 2 is 1.71 bits per heavy atom. The molecular weight excluding hydrogens is 414 g/mol. The standard InChI is InChI=1S/C24H29NO5S/c1-24(23(27)25-28,31(2,29)30)14-13-18-5-10-20(11-6-18)19-8-3-17(4-9-19)7-12-21-15-22(21)16-26/h3-12,21-22,26,28H,13-16H2,1-2H3,(H,25,27)/t21-,22+,24?/m1/s1. The summed E-state index contributed by atoms with van der Waals surface area (Å²) in [5, 5.41) is 18.0. The van der Waals surface area contributed by atoms with E-state index >= 15 is 0 Å². The molecule has 2 aromatic rings. The number of amides is 1. The number of hydrogen-bond donors (Lipinski definition) is 3. The Bertz CT molecular complexity index is 1040. The molecule has 2 aromatic carbocycles. The third kappa shape index (κ3) is 5.42. The molecule has 6 nitrogen and oxygen atoms in total. The van der Waals surface area contributed by atoms with Crippen LogP contribution in [0, 0.1) is 11.8 Å². The summed E-state index contributed by atoms with van der Waals surface area (Å²) in [6.45, 7) is 1.58. The molecule has 0 spiro atoms. The number of sulfone groups is 1. The Morgan fingerprint density at radius 3 is 2.19 bits per heavy atom. The summed E-state index contributed by atoms with van der Waals surface area (Å²) in [5.74, 6) is -0.0121. The summed E-state index contributed by atoms with van der Waals surface area (Å²) in [4.78, 5) is 11.9. The lowest BCUT2D eigenvalue weighted by molar-refractivity contribution is -0.131. The van der Waals surface area contributed by atoms with Gasteiger partial charge in [0.05, 0.1) is 0 Å². The van der Waals surface area contributed by atoms with Crippen molar-refractivity contribution in [2.24, 2.45) is 11.8 Å². The second kappa shape index (κ2) is 9.34.